The number of nitrogens with one attached hydrogen (secondary N) is 1. The standard InChI is InChI=1S/C15H16FN/c1-12-5-7-15(8-6-12)17-10-9-13-3-2-4-14(16)11-13/h2-8,11,17H,9-10H2,1H3. The van der Waals surface area contributed by atoms with Crippen LogP contribution in [0.1, 0.15) is 11.1 Å². The number of aryl methyl sites for hydroxylation is 1. The second-order valence-corrected chi connectivity index (χ2v) is 4.17. The van der Waals surface area contributed by atoms with Gasteiger partial charge in [-0.2, -0.15) is 0 Å². The molecular formula is C15H16FN. The van der Waals surface area contributed by atoms with Crippen LogP contribution in [-0.2, 0) is 6.42 Å². The van der Waals surface area contributed by atoms with E-state index in [2.05, 4.69) is 36.5 Å². The average Bonchev–Trinajstić information content (AvgIpc) is 2.32. The van der Waals surface area contributed by atoms with Crippen LogP contribution in [0.15, 0.2) is 48.5 Å². The van der Waals surface area contributed by atoms with E-state index in [1.165, 1.54) is 11.6 Å². The lowest BCUT2D eigenvalue weighted by Crippen LogP contribution is -2.04. The lowest BCUT2D eigenvalue weighted by Gasteiger charge is -2.06. The minimum atomic E-state index is -0.169. The van der Waals surface area contributed by atoms with Crippen LogP contribution in [0, 0.1) is 12.7 Å². The molecule has 0 heterocycles. The lowest BCUT2D eigenvalue weighted by molar-refractivity contribution is 0.625. The first-order valence-electron chi connectivity index (χ1n) is 5.79. The van der Waals surface area contributed by atoms with Crippen molar-refractivity contribution in [2.45, 2.75) is 13.3 Å². The van der Waals surface area contributed by atoms with E-state index >= 15 is 0 Å². The van der Waals surface area contributed by atoms with Gasteiger partial charge in [0.15, 0.2) is 0 Å². The minimum absolute atomic E-state index is 0.169. The van der Waals surface area contributed by atoms with Crippen LogP contribution in [0.25, 0.3) is 0 Å². The predicted octanol–water partition coefficient (Wildman–Crippen LogP) is 3.79. The second kappa shape index (κ2) is 5.48. The fourth-order valence-electron chi connectivity index (χ4n) is 1.72. The molecule has 1 N–H and O–H groups in total. The fraction of sp³-hybridized carbons (Fsp3) is 0.200. The normalized spacial score (nSPS) is 10.2. The molecule has 88 valence electrons. The molecule has 2 aromatic rings. The number of hydrogen-bond donors (Lipinski definition) is 1. The molecule has 0 aliphatic carbocycles. The maximum atomic E-state index is 12.9. The summed E-state index contributed by atoms with van der Waals surface area (Å²) in [5.41, 5.74) is 3.37. The van der Waals surface area contributed by atoms with Crippen molar-refractivity contribution >= 4 is 5.69 Å². The van der Waals surface area contributed by atoms with Gasteiger partial charge in [0, 0.05) is 12.2 Å². The minimum Gasteiger partial charge on any atom is -0.385 e. The van der Waals surface area contributed by atoms with Crippen molar-refractivity contribution in [3.05, 3.63) is 65.5 Å². The van der Waals surface area contributed by atoms with Crippen LogP contribution in [0.2, 0.25) is 0 Å². The van der Waals surface area contributed by atoms with E-state index in [0.29, 0.717) is 0 Å². The molecule has 0 unspecified atom stereocenters. The summed E-state index contributed by atoms with van der Waals surface area (Å²) in [5.74, 6) is -0.169. The van der Waals surface area contributed by atoms with Crippen LogP contribution in [0.4, 0.5) is 10.1 Å². The van der Waals surface area contributed by atoms with Gasteiger partial charge >= 0.3 is 0 Å². The summed E-state index contributed by atoms with van der Waals surface area (Å²) in [6.45, 7) is 2.88. The Balaban J connectivity index is 1.85. The van der Waals surface area contributed by atoms with Gasteiger partial charge in [0.25, 0.3) is 0 Å². The van der Waals surface area contributed by atoms with Gasteiger partial charge in [-0.3, -0.25) is 0 Å². The summed E-state index contributed by atoms with van der Waals surface area (Å²) in [6, 6.07) is 15.0. The van der Waals surface area contributed by atoms with Crippen molar-refractivity contribution in [3.8, 4) is 0 Å². The third kappa shape index (κ3) is 3.59. The van der Waals surface area contributed by atoms with Gasteiger partial charge in [0.1, 0.15) is 5.82 Å². The van der Waals surface area contributed by atoms with Crippen molar-refractivity contribution in [1.82, 2.24) is 0 Å². The summed E-state index contributed by atoms with van der Waals surface area (Å²) in [6.07, 6.45) is 0.825. The highest BCUT2D eigenvalue weighted by Gasteiger charge is 1.96. The first-order chi connectivity index (χ1) is 8.24. The van der Waals surface area contributed by atoms with E-state index in [1.807, 2.05) is 6.07 Å². The molecule has 0 bridgehead atoms. The third-order valence-electron chi connectivity index (χ3n) is 2.68. The third-order valence-corrected chi connectivity index (χ3v) is 2.68. The molecule has 2 rings (SSSR count). The number of halogens is 1. The van der Waals surface area contributed by atoms with Gasteiger partial charge in [0.05, 0.1) is 0 Å². The van der Waals surface area contributed by atoms with Crippen molar-refractivity contribution in [2.24, 2.45) is 0 Å². The molecule has 0 saturated heterocycles. The zero-order valence-electron chi connectivity index (χ0n) is 9.91. The largest absolute Gasteiger partial charge is 0.385 e. The summed E-state index contributed by atoms with van der Waals surface area (Å²) in [7, 11) is 0. The Labute approximate surface area is 101 Å². The van der Waals surface area contributed by atoms with Crippen LogP contribution in [0.3, 0.4) is 0 Å². The number of anilines is 1. The number of rotatable bonds is 4. The Morgan fingerprint density at radius 1 is 1.06 bits per heavy atom. The van der Waals surface area contributed by atoms with Crippen molar-refractivity contribution < 1.29 is 4.39 Å². The van der Waals surface area contributed by atoms with Crippen molar-refractivity contribution in [1.29, 1.82) is 0 Å². The van der Waals surface area contributed by atoms with Crippen LogP contribution in [0.5, 0.6) is 0 Å². The van der Waals surface area contributed by atoms with Gasteiger partial charge in [-0.15, -0.1) is 0 Å². The zero-order valence-corrected chi connectivity index (χ0v) is 9.91. The highest BCUT2D eigenvalue weighted by atomic mass is 19.1. The molecule has 1 nitrogen and oxygen atoms in total. The van der Waals surface area contributed by atoms with E-state index in [9.17, 15) is 4.39 Å². The van der Waals surface area contributed by atoms with E-state index < -0.39 is 0 Å². The summed E-state index contributed by atoms with van der Waals surface area (Å²) in [4.78, 5) is 0. The Kier molecular flexibility index (Phi) is 3.76. The van der Waals surface area contributed by atoms with Gasteiger partial charge < -0.3 is 5.32 Å². The molecule has 0 aliphatic heterocycles. The molecule has 0 aliphatic rings. The smallest absolute Gasteiger partial charge is 0.123 e. The molecule has 2 heteroatoms. The van der Waals surface area contributed by atoms with Gasteiger partial charge in [-0.1, -0.05) is 29.8 Å². The molecular weight excluding hydrogens is 213 g/mol. The Morgan fingerprint density at radius 3 is 2.53 bits per heavy atom. The SMILES string of the molecule is Cc1ccc(NCCc2cccc(F)c2)cc1. The first-order valence-corrected chi connectivity index (χ1v) is 5.79. The van der Waals surface area contributed by atoms with Gasteiger partial charge in [-0.25, -0.2) is 4.39 Å². The first kappa shape index (κ1) is 11.6. The van der Waals surface area contributed by atoms with E-state index in [-0.39, 0.29) is 5.82 Å². The highest BCUT2D eigenvalue weighted by Crippen LogP contribution is 2.09. The topological polar surface area (TPSA) is 12.0 Å². The number of benzene rings is 2. The summed E-state index contributed by atoms with van der Waals surface area (Å²) in [5, 5.41) is 3.32. The second-order valence-electron chi connectivity index (χ2n) is 4.17. The monoisotopic (exact) mass is 229 g/mol. The van der Waals surface area contributed by atoms with E-state index in [1.54, 1.807) is 12.1 Å². The van der Waals surface area contributed by atoms with Crippen LogP contribution >= 0.6 is 0 Å². The number of hydrogen-bond acceptors (Lipinski definition) is 1. The molecule has 0 radical (unpaired) electrons. The summed E-state index contributed by atoms with van der Waals surface area (Å²) >= 11 is 0. The fourth-order valence-corrected chi connectivity index (χ4v) is 1.72. The van der Waals surface area contributed by atoms with Gasteiger partial charge in [-0.05, 0) is 43.2 Å². The van der Waals surface area contributed by atoms with Crippen molar-refractivity contribution in [3.63, 3.8) is 0 Å². The molecule has 0 saturated carbocycles. The van der Waals surface area contributed by atoms with E-state index in [4.69, 9.17) is 0 Å². The van der Waals surface area contributed by atoms with Crippen molar-refractivity contribution in [2.75, 3.05) is 11.9 Å². The maximum Gasteiger partial charge on any atom is 0.123 e. The molecule has 17 heavy (non-hydrogen) atoms. The molecule has 0 aromatic heterocycles. The van der Waals surface area contributed by atoms with Crippen LogP contribution in [-0.4, -0.2) is 6.54 Å². The molecule has 2 aromatic carbocycles. The maximum absolute atomic E-state index is 12.9. The predicted molar refractivity (Wildman–Crippen MR) is 69.8 cm³/mol. The summed E-state index contributed by atoms with van der Waals surface area (Å²) < 4.78 is 12.9. The van der Waals surface area contributed by atoms with E-state index in [0.717, 1.165) is 24.2 Å². The average molecular weight is 229 g/mol. The molecule has 0 amide bonds. The van der Waals surface area contributed by atoms with Crippen LogP contribution < -0.4 is 5.32 Å². The molecule has 0 spiro atoms. The zero-order chi connectivity index (χ0) is 12.1. The quantitative estimate of drug-likeness (QED) is 0.841. The lowest BCUT2D eigenvalue weighted by atomic mass is 10.1. The van der Waals surface area contributed by atoms with Gasteiger partial charge in [0.2, 0.25) is 0 Å². The molecule has 0 atom stereocenters. The Morgan fingerprint density at radius 2 is 1.82 bits per heavy atom. The Hall–Kier alpha value is -1.83. The highest BCUT2D eigenvalue weighted by molar-refractivity contribution is 5.44. The Bertz CT molecular complexity index is 477. The molecule has 0 fully saturated rings.